The smallest absolute Gasteiger partial charge is 0.258 e. The number of nitro benzene ring substituents is 1. The number of nitrogens with zero attached hydrogens (tertiary/aromatic N) is 1. The number of nitro groups is 1. The average Bonchev–Trinajstić information content (AvgIpc) is 2.13. The lowest BCUT2D eigenvalue weighted by Gasteiger charge is -1.95. The van der Waals surface area contributed by atoms with Gasteiger partial charge in [0.25, 0.3) is 5.69 Å². The molecule has 0 aliphatic carbocycles. The number of hydrogen-bond acceptors (Lipinski definition) is 2. The predicted octanol–water partition coefficient (Wildman–Crippen LogP) is 3.58. The molecule has 0 atom stereocenters. The van der Waals surface area contributed by atoms with E-state index >= 15 is 0 Å². The Bertz CT molecular complexity index is 300. The molecule has 1 rings (SSSR count). The van der Waals surface area contributed by atoms with Gasteiger partial charge in [-0.3, -0.25) is 10.1 Å². The minimum absolute atomic E-state index is 0.0283. The molecule has 72 valence electrons. The lowest BCUT2D eigenvalue weighted by Crippen LogP contribution is -1.87. The van der Waals surface area contributed by atoms with Crippen molar-refractivity contribution in [1.29, 1.82) is 0 Å². The van der Waals surface area contributed by atoms with E-state index in [9.17, 15) is 10.1 Å². The molecule has 13 heavy (non-hydrogen) atoms. The highest BCUT2D eigenvalue weighted by molar-refractivity contribution is 6.31. The zero-order valence-corrected chi connectivity index (χ0v) is 8.63. The second-order valence-electron chi connectivity index (χ2n) is 2.19. The van der Waals surface area contributed by atoms with E-state index in [1.54, 1.807) is 13.0 Å². The molecule has 4 heteroatoms. The van der Waals surface area contributed by atoms with E-state index in [4.69, 9.17) is 11.6 Å². The molecule has 0 heterocycles. The van der Waals surface area contributed by atoms with Crippen LogP contribution in [-0.4, -0.2) is 4.92 Å². The Labute approximate surface area is 82.5 Å². The van der Waals surface area contributed by atoms with Gasteiger partial charge >= 0.3 is 0 Å². The zero-order valence-electron chi connectivity index (χ0n) is 7.87. The van der Waals surface area contributed by atoms with E-state index in [-0.39, 0.29) is 5.69 Å². The maximum Gasteiger partial charge on any atom is 0.270 e. The van der Waals surface area contributed by atoms with E-state index < -0.39 is 4.92 Å². The first kappa shape index (κ1) is 11.9. The molecule has 0 saturated heterocycles. The van der Waals surface area contributed by atoms with Crippen molar-refractivity contribution in [2.24, 2.45) is 0 Å². The molecule has 0 N–H and O–H groups in total. The molecule has 3 nitrogen and oxygen atoms in total. The van der Waals surface area contributed by atoms with Gasteiger partial charge in [-0.2, -0.15) is 0 Å². The van der Waals surface area contributed by atoms with Crippen molar-refractivity contribution in [2.45, 2.75) is 20.8 Å². The molecule has 0 aliphatic heterocycles. The maximum absolute atomic E-state index is 10.2. The second kappa shape index (κ2) is 5.54. The SMILES string of the molecule is CC.Cc1ccc([N+](=O)[O-])cc1Cl. The van der Waals surface area contributed by atoms with Crippen LogP contribution in [-0.2, 0) is 0 Å². The fraction of sp³-hybridized carbons (Fsp3) is 0.333. The number of benzene rings is 1. The van der Waals surface area contributed by atoms with Crippen LogP contribution in [0.5, 0.6) is 0 Å². The van der Waals surface area contributed by atoms with Gasteiger partial charge in [0, 0.05) is 12.1 Å². The molecule has 0 aliphatic rings. The number of hydrogen-bond donors (Lipinski definition) is 0. The summed E-state index contributed by atoms with van der Waals surface area (Å²) in [6.07, 6.45) is 0. The summed E-state index contributed by atoms with van der Waals surface area (Å²) in [5.41, 5.74) is 0.873. The fourth-order valence-corrected chi connectivity index (χ4v) is 0.870. The largest absolute Gasteiger partial charge is 0.270 e. The van der Waals surface area contributed by atoms with E-state index in [0.717, 1.165) is 5.56 Å². The van der Waals surface area contributed by atoms with Crippen LogP contribution in [0, 0.1) is 17.0 Å². The molecule has 0 fully saturated rings. The van der Waals surface area contributed by atoms with Crippen LogP contribution in [0.2, 0.25) is 5.02 Å². The third-order valence-corrected chi connectivity index (χ3v) is 1.77. The molecule has 0 bridgehead atoms. The van der Waals surface area contributed by atoms with Crippen LogP contribution in [0.25, 0.3) is 0 Å². The van der Waals surface area contributed by atoms with Crippen molar-refractivity contribution < 1.29 is 4.92 Å². The quantitative estimate of drug-likeness (QED) is 0.515. The van der Waals surface area contributed by atoms with Crippen molar-refractivity contribution in [3.63, 3.8) is 0 Å². The molecule has 0 aromatic heterocycles. The monoisotopic (exact) mass is 201 g/mol. The van der Waals surface area contributed by atoms with Gasteiger partial charge in [-0.1, -0.05) is 31.5 Å². The van der Waals surface area contributed by atoms with Crippen LogP contribution in [0.1, 0.15) is 19.4 Å². The molecule has 0 unspecified atom stereocenters. The van der Waals surface area contributed by atoms with Gasteiger partial charge < -0.3 is 0 Å². The zero-order chi connectivity index (χ0) is 10.4. The third kappa shape index (κ3) is 3.42. The molecule has 0 radical (unpaired) electrons. The molecule has 0 saturated carbocycles. The van der Waals surface area contributed by atoms with E-state index in [0.29, 0.717) is 5.02 Å². The first-order chi connectivity index (χ1) is 6.11. The first-order valence-corrected chi connectivity index (χ1v) is 4.39. The van der Waals surface area contributed by atoms with Gasteiger partial charge in [0.05, 0.1) is 9.95 Å². The topological polar surface area (TPSA) is 43.1 Å². The van der Waals surface area contributed by atoms with E-state index in [2.05, 4.69) is 0 Å². The summed E-state index contributed by atoms with van der Waals surface area (Å²) in [4.78, 5) is 9.74. The highest BCUT2D eigenvalue weighted by Crippen LogP contribution is 2.20. The standard InChI is InChI=1S/C7H6ClNO2.C2H6/c1-5-2-3-6(9(10)11)4-7(5)8;1-2/h2-4H,1H3;1-2H3. The fourth-order valence-electron chi connectivity index (χ4n) is 0.695. The number of halogens is 1. The molecular weight excluding hydrogens is 190 g/mol. The van der Waals surface area contributed by atoms with Crippen LogP contribution in [0.3, 0.4) is 0 Å². The Morgan fingerprint density at radius 1 is 1.38 bits per heavy atom. The van der Waals surface area contributed by atoms with Crippen LogP contribution < -0.4 is 0 Å². The van der Waals surface area contributed by atoms with Gasteiger partial charge in [0.1, 0.15) is 0 Å². The molecule has 1 aromatic carbocycles. The lowest BCUT2D eigenvalue weighted by molar-refractivity contribution is -0.384. The molecule has 0 amide bonds. The van der Waals surface area contributed by atoms with Gasteiger partial charge in [0.15, 0.2) is 0 Å². The lowest BCUT2D eigenvalue weighted by atomic mass is 10.2. The molecular formula is C9H12ClNO2. The summed E-state index contributed by atoms with van der Waals surface area (Å²) in [5, 5.41) is 10.6. The van der Waals surface area contributed by atoms with Crippen molar-refractivity contribution in [2.75, 3.05) is 0 Å². The molecule has 1 aromatic rings. The summed E-state index contributed by atoms with van der Waals surface area (Å²) in [6, 6.07) is 4.40. The summed E-state index contributed by atoms with van der Waals surface area (Å²) in [6.45, 7) is 5.80. The first-order valence-electron chi connectivity index (χ1n) is 4.02. The van der Waals surface area contributed by atoms with Crippen molar-refractivity contribution in [1.82, 2.24) is 0 Å². The Kier molecular flexibility index (Phi) is 5.07. The van der Waals surface area contributed by atoms with Crippen LogP contribution in [0.15, 0.2) is 18.2 Å². The normalized spacial score (nSPS) is 8.62. The van der Waals surface area contributed by atoms with Gasteiger partial charge in [0.2, 0.25) is 0 Å². The van der Waals surface area contributed by atoms with E-state index in [1.165, 1.54) is 12.1 Å². The highest BCUT2D eigenvalue weighted by Gasteiger charge is 2.05. The van der Waals surface area contributed by atoms with Crippen molar-refractivity contribution >= 4 is 17.3 Å². The summed E-state index contributed by atoms with van der Waals surface area (Å²) >= 11 is 5.65. The van der Waals surface area contributed by atoms with E-state index in [1.807, 2.05) is 13.8 Å². The van der Waals surface area contributed by atoms with Gasteiger partial charge in [-0.05, 0) is 12.5 Å². The number of aryl methyl sites for hydroxylation is 1. The van der Waals surface area contributed by atoms with Crippen molar-refractivity contribution in [3.05, 3.63) is 38.9 Å². The van der Waals surface area contributed by atoms with Gasteiger partial charge in [-0.15, -0.1) is 0 Å². The second-order valence-corrected chi connectivity index (χ2v) is 2.60. The Morgan fingerprint density at radius 2 is 1.92 bits per heavy atom. The average molecular weight is 202 g/mol. The van der Waals surface area contributed by atoms with Crippen molar-refractivity contribution in [3.8, 4) is 0 Å². The minimum Gasteiger partial charge on any atom is -0.258 e. The van der Waals surface area contributed by atoms with Gasteiger partial charge in [-0.25, -0.2) is 0 Å². The summed E-state index contributed by atoms with van der Waals surface area (Å²) in [7, 11) is 0. The summed E-state index contributed by atoms with van der Waals surface area (Å²) in [5.74, 6) is 0. The number of non-ortho nitro benzene ring substituents is 1. The summed E-state index contributed by atoms with van der Waals surface area (Å²) < 4.78 is 0. The predicted molar refractivity (Wildman–Crippen MR) is 54.2 cm³/mol. The third-order valence-electron chi connectivity index (χ3n) is 1.37. The molecule has 0 spiro atoms. The maximum atomic E-state index is 10.2. The van der Waals surface area contributed by atoms with Crippen LogP contribution in [0.4, 0.5) is 5.69 Å². The number of rotatable bonds is 1. The Balaban J connectivity index is 0.000000671. The highest BCUT2D eigenvalue weighted by atomic mass is 35.5. The Morgan fingerprint density at radius 3 is 2.31 bits per heavy atom. The minimum atomic E-state index is -0.467. The Hall–Kier alpha value is -1.09. The van der Waals surface area contributed by atoms with Crippen LogP contribution >= 0.6 is 11.6 Å².